The van der Waals surface area contributed by atoms with E-state index in [4.69, 9.17) is 0 Å². The van der Waals surface area contributed by atoms with Crippen LogP contribution in [0, 0.1) is 10.1 Å². The average molecular weight is 328 g/mol. The monoisotopic (exact) mass is 327 g/mol. The smallest absolute Gasteiger partial charge is 0.283 e. The largest absolute Gasteiger partial charge is 0.311 e. The van der Waals surface area contributed by atoms with E-state index in [0.29, 0.717) is 11.0 Å². The van der Waals surface area contributed by atoms with Crippen molar-refractivity contribution in [2.24, 2.45) is 0 Å². The van der Waals surface area contributed by atoms with Crippen LogP contribution in [0.25, 0.3) is 0 Å². The Morgan fingerprint density at radius 1 is 1.53 bits per heavy atom. The molecule has 0 aliphatic heterocycles. The molecule has 2 rings (SSSR count). The van der Waals surface area contributed by atoms with Gasteiger partial charge in [-0.3, -0.25) is 10.1 Å². The first-order valence-electron chi connectivity index (χ1n) is 6.42. The third-order valence-electron chi connectivity index (χ3n) is 3.38. The number of nitrogens with one attached hydrogen (secondary N) is 1. The molecule has 0 unspecified atom stereocenters. The Hall–Kier alpha value is -0.980. The first kappa shape index (κ1) is 14.4. The summed E-state index contributed by atoms with van der Waals surface area (Å²) in [7, 11) is 2.14. The SMILES string of the molecule is CN(CCNCc1cccc([N+](=O)[O-])c1Br)C1CC1. The summed E-state index contributed by atoms with van der Waals surface area (Å²) in [6, 6.07) is 5.89. The summed E-state index contributed by atoms with van der Waals surface area (Å²) in [6.45, 7) is 2.54. The molecule has 0 radical (unpaired) electrons. The van der Waals surface area contributed by atoms with Crippen molar-refractivity contribution in [1.82, 2.24) is 10.2 Å². The summed E-state index contributed by atoms with van der Waals surface area (Å²) in [5, 5.41) is 14.2. The molecule has 0 spiro atoms. The van der Waals surface area contributed by atoms with Gasteiger partial charge in [0.15, 0.2) is 0 Å². The van der Waals surface area contributed by atoms with E-state index in [1.54, 1.807) is 6.07 Å². The highest BCUT2D eigenvalue weighted by Gasteiger charge is 2.25. The Bertz CT molecular complexity index is 463. The van der Waals surface area contributed by atoms with Crippen molar-refractivity contribution in [1.29, 1.82) is 0 Å². The molecule has 6 heteroatoms. The van der Waals surface area contributed by atoms with Gasteiger partial charge in [-0.05, 0) is 41.4 Å². The number of hydrogen-bond donors (Lipinski definition) is 1. The van der Waals surface area contributed by atoms with Gasteiger partial charge in [0, 0.05) is 31.7 Å². The van der Waals surface area contributed by atoms with Crippen molar-refractivity contribution >= 4 is 21.6 Å². The van der Waals surface area contributed by atoms with Crippen molar-refractivity contribution in [3.05, 3.63) is 38.3 Å². The molecule has 0 saturated heterocycles. The van der Waals surface area contributed by atoms with E-state index in [1.165, 1.54) is 18.9 Å². The van der Waals surface area contributed by atoms with Crippen LogP contribution < -0.4 is 5.32 Å². The molecule has 1 aliphatic rings. The van der Waals surface area contributed by atoms with E-state index in [1.807, 2.05) is 6.07 Å². The molecule has 0 atom stereocenters. The third kappa shape index (κ3) is 3.99. The van der Waals surface area contributed by atoms with Crippen molar-refractivity contribution in [2.75, 3.05) is 20.1 Å². The number of nitrogens with zero attached hydrogens (tertiary/aromatic N) is 2. The standard InChI is InChI=1S/C13H18BrN3O2/c1-16(11-5-6-11)8-7-15-9-10-3-2-4-12(13(10)14)17(18)19/h2-4,11,15H,5-9H2,1H3. The van der Waals surface area contributed by atoms with Gasteiger partial charge in [0.25, 0.3) is 5.69 Å². The van der Waals surface area contributed by atoms with E-state index in [9.17, 15) is 10.1 Å². The van der Waals surface area contributed by atoms with E-state index in [2.05, 4.69) is 33.2 Å². The summed E-state index contributed by atoms with van der Waals surface area (Å²) in [6.07, 6.45) is 2.62. The summed E-state index contributed by atoms with van der Waals surface area (Å²) in [4.78, 5) is 12.8. The molecule has 1 aliphatic carbocycles. The minimum absolute atomic E-state index is 0.120. The second kappa shape index (κ2) is 6.45. The maximum Gasteiger partial charge on any atom is 0.283 e. The van der Waals surface area contributed by atoms with E-state index < -0.39 is 0 Å². The van der Waals surface area contributed by atoms with Crippen molar-refractivity contribution in [3.8, 4) is 0 Å². The Morgan fingerprint density at radius 2 is 2.26 bits per heavy atom. The first-order valence-corrected chi connectivity index (χ1v) is 7.21. The zero-order valence-electron chi connectivity index (χ0n) is 10.9. The molecule has 19 heavy (non-hydrogen) atoms. The van der Waals surface area contributed by atoms with Gasteiger partial charge < -0.3 is 10.2 Å². The van der Waals surface area contributed by atoms with Crippen LogP contribution >= 0.6 is 15.9 Å². The fraction of sp³-hybridized carbons (Fsp3) is 0.538. The van der Waals surface area contributed by atoms with Crippen molar-refractivity contribution < 1.29 is 4.92 Å². The van der Waals surface area contributed by atoms with Crippen LogP contribution in [0.5, 0.6) is 0 Å². The highest BCUT2D eigenvalue weighted by Crippen LogP contribution is 2.28. The number of rotatable bonds is 7. The molecule has 0 amide bonds. The highest BCUT2D eigenvalue weighted by atomic mass is 79.9. The lowest BCUT2D eigenvalue weighted by Crippen LogP contribution is -2.30. The fourth-order valence-corrected chi connectivity index (χ4v) is 2.57. The zero-order chi connectivity index (χ0) is 13.8. The van der Waals surface area contributed by atoms with Crippen LogP contribution in [0.15, 0.2) is 22.7 Å². The van der Waals surface area contributed by atoms with Crippen LogP contribution in [0.1, 0.15) is 18.4 Å². The number of hydrogen-bond acceptors (Lipinski definition) is 4. The number of halogens is 1. The van der Waals surface area contributed by atoms with Gasteiger partial charge >= 0.3 is 0 Å². The van der Waals surface area contributed by atoms with E-state index in [-0.39, 0.29) is 10.6 Å². The summed E-state index contributed by atoms with van der Waals surface area (Å²) < 4.78 is 0.572. The molecular formula is C13H18BrN3O2. The minimum Gasteiger partial charge on any atom is -0.311 e. The fourth-order valence-electron chi connectivity index (χ4n) is 2.02. The van der Waals surface area contributed by atoms with E-state index >= 15 is 0 Å². The lowest BCUT2D eigenvalue weighted by molar-refractivity contribution is -0.385. The van der Waals surface area contributed by atoms with Gasteiger partial charge in [0.2, 0.25) is 0 Å². The van der Waals surface area contributed by atoms with Crippen LogP contribution in [-0.4, -0.2) is 36.0 Å². The number of nitro groups is 1. The summed E-state index contributed by atoms with van der Waals surface area (Å²) in [5.74, 6) is 0. The minimum atomic E-state index is -0.367. The lowest BCUT2D eigenvalue weighted by Gasteiger charge is -2.15. The number of benzene rings is 1. The molecule has 1 aromatic carbocycles. The van der Waals surface area contributed by atoms with Gasteiger partial charge in [0.05, 0.1) is 9.40 Å². The molecule has 1 N–H and O–H groups in total. The Morgan fingerprint density at radius 3 is 2.89 bits per heavy atom. The Labute approximate surface area is 121 Å². The molecule has 5 nitrogen and oxygen atoms in total. The topological polar surface area (TPSA) is 58.4 Å². The maximum atomic E-state index is 10.8. The second-order valence-electron chi connectivity index (χ2n) is 4.90. The van der Waals surface area contributed by atoms with Crippen LogP contribution in [0.2, 0.25) is 0 Å². The molecule has 0 heterocycles. The molecule has 0 bridgehead atoms. The predicted molar refractivity (Wildman–Crippen MR) is 78.2 cm³/mol. The second-order valence-corrected chi connectivity index (χ2v) is 5.69. The zero-order valence-corrected chi connectivity index (χ0v) is 12.5. The third-order valence-corrected chi connectivity index (χ3v) is 4.30. The van der Waals surface area contributed by atoms with Gasteiger partial charge in [-0.2, -0.15) is 0 Å². The first-order chi connectivity index (χ1) is 9.09. The summed E-state index contributed by atoms with van der Waals surface area (Å²) in [5.41, 5.74) is 1.04. The highest BCUT2D eigenvalue weighted by molar-refractivity contribution is 9.10. The van der Waals surface area contributed by atoms with Crippen molar-refractivity contribution in [2.45, 2.75) is 25.4 Å². The van der Waals surface area contributed by atoms with Crippen LogP contribution in [-0.2, 0) is 6.54 Å². The van der Waals surface area contributed by atoms with Crippen molar-refractivity contribution in [3.63, 3.8) is 0 Å². The molecular weight excluding hydrogens is 310 g/mol. The van der Waals surface area contributed by atoms with Gasteiger partial charge in [-0.1, -0.05) is 12.1 Å². The molecule has 1 fully saturated rings. The quantitative estimate of drug-likeness (QED) is 0.475. The predicted octanol–water partition coefficient (Wildman–Crippen LogP) is 2.54. The van der Waals surface area contributed by atoms with Gasteiger partial charge in [-0.25, -0.2) is 0 Å². The van der Waals surface area contributed by atoms with Crippen LogP contribution in [0.3, 0.4) is 0 Å². The van der Waals surface area contributed by atoms with Gasteiger partial charge in [-0.15, -0.1) is 0 Å². The van der Waals surface area contributed by atoms with E-state index in [0.717, 1.165) is 24.7 Å². The number of nitro benzene ring substituents is 1. The molecule has 1 saturated carbocycles. The molecule has 0 aromatic heterocycles. The molecule has 1 aromatic rings. The normalized spacial score (nSPS) is 14.9. The lowest BCUT2D eigenvalue weighted by atomic mass is 10.2. The van der Waals surface area contributed by atoms with Gasteiger partial charge in [0.1, 0.15) is 0 Å². The molecule has 104 valence electrons. The summed E-state index contributed by atoms with van der Waals surface area (Å²) >= 11 is 3.30. The Kier molecular flexibility index (Phi) is 4.90. The average Bonchev–Trinajstić information content (AvgIpc) is 3.19. The van der Waals surface area contributed by atoms with Crippen LogP contribution in [0.4, 0.5) is 5.69 Å². The Balaban J connectivity index is 1.82. The maximum absolute atomic E-state index is 10.8. The number of likely N-dealkylation sites (N-methyl/N-ethyl adjacent to an activating group) is 1.